The zero-order chi connectivity index (χ0) is 18.5. The van der Waals surface area contributed by atoms with Crippen molar-refractivity contribution in [2.45, 2.75) is 6.92 Å². The van der Waals surface area contributed by atoms with Crippen LogP contribution < -0.4 is 10.1 Å². The Kier molecular flexibility index (Phi) is 4.89. The van der Waals surface area contributed by atoms with Gasteiger partial charge in [0.2, 0.25) is 0 Å². The van der Waals surface area contributed by atoms with Crippen LogP contribution in [-0.4, -0.2) is 15.8 Å². The van der Waals surface area contributed by atoms with Crippen LogP contribution in [0.5, 0.6) is 11.5 Å². The van der Waals surface area contributed by atoms with Crippen LogP contribution >= 0.6 is 0 Å². The van der Waals surface area contributed by atoms with E-state index in [1.807, 2.05) is 25.1 Å². The molecule has 0 saturated carbocycles. The smallest absolute Gasteiger partial charge is 0.275 e. The molecule has 130 valence electrons. The summed E-state index contributed by atoms with van der Waals surface area (Å²) in [6, 6.07) is 14.5. The number of hydrogen-bond donors (Lipinski definition) is 1. The van der Waals surface area contributed by atoms with Crippen molar-refractivity contribution in [3.63, 3.8) is 0 Å². The highest BCUT2D eigenvalue weighted by Crippen LogP contribution is 2.30. The van der Waals surface area contributed by atoms with E-state index < -0.39 is 10.8 Å². The number of nitrogens with one attached hydrogen (secondary N) is 1. The van der Waals surface area contributed by atoms with Crippen molar-refractivity contribution < 1.29 is 14.5 Å². The molecule has 0 unspecified atom stereocenters. The number of hydrogen-bond acceptors (Lipinski definition) is 5. The lowest BCUT2D eigenvalue weighted by Crippen LogP contribution is -2.12. The monoisotopic (exact) mass is 349 g/mol. The topological polar surface area (TPSA) is 94.4 Å². The molecular formula is C19H15N3O4. The van der Waals surface area contributed by atoms with Gasteiger partial charge in [0.25, 0.3) is 11.6 Å². The van der Waals surface area contributed by atoms with Crippen molar-refractivity contribution in [1.82, 2.24) is 4.98 Å². The Labute approximate surface area is 149 Å². The summed E-state index contributed by atoms with van der Waals surface area (Å²) in [5, 5.41) is 13.8. The average Bonchev–Trinajstić information content (AvgIpc) is 2.62. The molecule has 1 aromatic heterocycles. The first-order valence-corrected chi connectivity index (χ1v) is 7.76. The number of anilines is 1. The summed E-state index contributed by atoms with van der Waals surface area (Å²) in [5.74, 6) is 0.418. The quantitative estimate of drug-likeness (QED) is 0.546. The molecule has 0 fully saturated rings. The van der Waals surface area contributed by atoms with Gasteiger partial charge in [0.15, 0.2) is 0 Å². The van der Waals surface area contributed by atoms with Crippen LogP contribution in [0.2, 0.25) is 0 Å². The van der Waals surface area contributed by atoms with E-state index >= 15 is 0 Å². The molecule has 0 radical (unpaired) electrons. The SMILES string of the molecule is Cc1cccc(Oc2cc(NC(=O)c3ccncc3)cc([N+](=O)[O-])c2)c1. The minimum atomic E-state index is -0.537. The summed E-state index contributed by atoms with van der Waals surface area (Å²) in [5.41, 5.74) is 1.48. The van der Waals surface area contributed by atoms with Gasteiger partial charge in [-0.15, -0.1) is 0 Å². The molecular weight excluding hydrogens is 334 g/mol. The summed E-state index contributed by atoms with van der Waals surface area (Å²) < 4.78 is 5.71. The van der Waals surface area contributed by atoms with Crippen LogP contribution in [0.1, 0.15) is 15.9 Å². The standard InChI is InChI=1S/C19H15N3O4/c1-13-3-2-4-17(9-13)26-18-11-15(10-16(12-18)22(24)25)21-19(23)14-5-7-20-8-6-14/h2-12H,1H3,(H,21,23). The molecule has 7 heteroatoms. The summed E-state index contributed by atoms with van der Waals surface area (Å²) in [4.78, 5) is 26.8. The molecule has 0 saturated heterocycles. The summed E-state index contributed by atoms with van der Waals surface area (Å²) in [7, 11) is 0. The van der Waals surface area contributed by atoms with Gasteiger partial charge in [-0.2, -0.15) is 0 Å². The largest absolute Gasteiger partial charge is 0.457 e. The van der Waals surface area contributed by atoms with Crippen LogP contribution in [-0.2, 0) is 0 Å². The van der Waals surface area contributed by atoms with Crippen molar-refractivity contribution in [3.05, 3.63) is 88.2 Å². The number of pyridine rings is 1. The Morgan fingerprint density at radius 1 is 1.08 bits per heavy atom. The van der Waals surface area contributed by atoms with E-state index in [1.165, 1.54) is 30.6 Å². The number of rotatable bonds is 5. The lowest BCUT2D eigenvalue weighted by molar-refractivity contribution is -0.384. The van der Waals surface area contributed by atoms with E-state index in [0.717, 1.165) is 5.56 Å². The predicted octanol–water partition coefficient (Wildman–Crippen LogP) is 4.34. The van der Waals surface area contributed by atoms with Gasteiger partial charge in [-0.25, -0.2) is 0 Å². The highest BCUT2D eigenvalue weighted by molar-refractivity contribution is 6.04. The van der Waals surface area contributed by atoms with E-state index in [0.29, 0.717) is 11.3 Å². The number of nitro groups is 1. The molecule has 0 atom stereocenters. The Morgan fingerprint density at radius 3 is 2.54 bits per heavy atom. The fraction of sp³-hybridized carbons (Fsp3) is 0.0526. The number of benzene rings is 2. The minimum Gasteiger partial charge on any atom is -0.457 e. The third-order valence-electron chi connectivity index (χ3n) is 3.53. The van der Waals surface area contributed by atoms with Crippen LogP contribution in [0.25, 0.3) is 0 Å². The molecule has 0 aliphatic heterocycles. The molecule has 1 amide bonds. The van der Waals surface area contributed by atoms with Gasteiger partial charge in [0, 0.05) is 30.1 Å². The Balaban J connectivity index is 1.89. The molecule has 7 nitrogen and oxygen atoms in total. The highest BCUT2D eigenvalue weighted by Gasteiger charge is 2.14. The fourth-order valence-corrected chi connectivity index (χ4v) is 2.34. The molecule has 3 aromatic rings. The lowest BCUT2D eigenvalue weighted by atomic mass is 10.2. The van der Waals surface area contributed by atoms with E-state index in [9.17, 15) is 14.9 Å². The normalized spacial score (nSPS) is 10.2. The number of aromatic nitrogens is 1. The average molecular weight is 349 g/mol. The second-order valence-electron chi connectivity index (χ2n) is 5.58. The molecule has 0 bridgehead atoms. The maximum atomic E-state index is 12.3. The van der Waals surface area contributed by atoms with E-state index in [4.69, 9.17) is 4.74 Å². The maximum Gasteiger partial charge on any atom is 0.275 e. The van der Waals surface area contributed by atoms with Crippen LogP contribution in [0.15, 0.2) is 67.0 Å². The van der Waals surface area contributed by atoms with E-state index in [1.54, 1.807) is 18.2 Å². The molecule has 26 heavy (non-hydrogen) atoms. The van der Waals surface area contributed by atoms with E-state index in [-0.39, 0.29) is 17.1 Å². The molecule has 1 heterocycles. The van der Waals surface area contributed by atoms with Gasteiger partial charge < -0.3 is 10.1 Å². The van der Waals surface area contributed by atoms with Crippen LogP contribution in [0, 0.1) is 17.0 Å². The number of carbonyl (C=O) groups is 1. The highest BCUT2D eigenvalue weighted by atomic mass is 16.6. The summed E-state index contributed by atoms with van der Waals surface area (Å²) in [6.07, 6.45) is 2.99. The molecule has 0 aliphatic rings. The van der Waals surface area contributed by atoms with Crippen molar-refractivity contribution in [3.8, 4) is 11.5 Å². The third-order valence-corrected chi connectivity index (χ3v) is 3.53. The van der Waals surface area contributed by atoms with Gasteiger partial charge >= 0.3 is 0 Å². The van der Waals surface area contributed by atoms with Gasteiger partial charge in [-0.1, -0.05) is 12.1 Å². The number of nitrogens with zero attached hydrogens (tertiary/aromatic N) is 2. The molecule has 3 rings (SSSR count). The number of amides is 1. The van der Waals surface area contributed by atoms with Gasteiger partial charge in [-0.3, -0.25) is 19.9 Å². The second kappa shape index (κ2) is 7.43. The molecule has 1 N–H and O–H groups in total. The molecule has 0 aliphatic carbocycles. The lowest BCUT2D eigenvalue weighted by Gasteiger charge is -2.10. The van der Waals surface area contributed by atoms with Crippen LogP contribution in [0.4, 0.5) is 11.4 Å². The predicted molar refractivity (Wildman–Crippen MR) is 96.5 cm³/mol. The first kappa shape index (κ1) is 17.1. The summed E-state index contributed by atoms with van der Waals surface area (Å²) >= 11 is 0. The second-order valence-corrected chi connectivity index (χ2v) is 5.58. The Hall–Kier alpha value is -3.74. The number of nitro benzene ring substituents is 1. The van der Waals surface area contributed by atoms with Crippen LogP contribution in [0.3, 0.4) is 0 Å². The van der Waals surface area contributed by atoms with Crippen molar-refractivity contribution >= 4 is 17.3 Å². The first-order valence-electron chi connectivity index (χ1n) is 7.76. The van der Waals surface area contributed by atoms with Gasteiger partial charge in [0.05, 0.1) is 16.7 Å². The zero-order valence-corrected chi connectivity index (χ0v) is 13.9. The summed E-state index contributed by atoms with van der Waals surface area (Å²) in [6.45, 7) is 1.92. The number of aryl methyl sites for hydroxylation is 1. The van der Waals surface area contributed by atoms with Crippen molar-refractivity contribution in [2.75, 3.05) is 5.32 Å². The Morgan fingerprint density at radius 2 is 1.85 bits per heavy atom. The number of ether oxygens (including phenoxy) is 1. The Bertz CT molecular complexity index is 958. The fourth-order valence-electron chi connectivity index (χ4n) is 2.34. The zero-order valence-electron chi connectivity index (χ0n) is 13.9. The third kappa shape index (κ3) is 4.21. The van der Waals surface area contributed by atoms with Crippen molar-refractivity contribution in [2.24, 2.45) is 0 Å². The molecule has 2 aromatic carbocycles. The number of carbonyl (C=O) groups excluding carboxylic acids is 1. The first-order chi connectivity index (χ1) is 12.5. The molecule has 0 spiro atoms. The minimum absolute atomic E-state index is 0.180. The van der Waals surface area contributed by atoms with Gasteiger partial charge in [-0.05, 0) is 36.8 Å². The van der Waals surface area contributed by atoms with Crippen molar-refractivity contribution in [1.29, 1.82) is 0 Å². The number of non-ortho nitro benzene ring substituents is 1. The van der Waals surface area contributed by atoms with E-state index in [2.05, 4.69) is 10.3 Å². The van der Waals surface area contributed by atoms with Gasteiger partial charge in [0.1, 0.15) is 11.5 Å². The maximum absolute atomic E-state index is 12.3.